The van der Waals surface area contributed by atoms with Gasteiger partial charge in [-0.25, -0.2) is 0 Å². The van der Waals surface area contributed by atoms with Gasteiger partial charge >= 0.3 is 5.97 Å². The average Bonchev–Trinajstić information content (AvgIpc) is 2.71. The van der Waals surface area contributed by atoms with E-state index in [1.807, 2.05) is 12.1 Å². The first-order valence-corrected chi connectivity index (χ1v) is 10.1. The maximum absolute atomic E-state index is 12.1. The topological polar surface area (TPSA) is 65.0 Å². The van der Waals surface area contributed by atoms with Gasteiger partial charge in [-0.2, -0.15) is 0 Å². The van der Waals surface area contributed by atoms with Gasteiger partial charge in [-0.15, -0.1) is 0 Å². The van der Waals surface area contributed by atoms with Crippen LogP contribution in [0.15, 0.2) is 36.9 Å². The van der Waals surface area contributed by atoms with Gasteiger partial charge in [0.25, 0.3) is 0 Å². The molecule has 2 rings (SSSR count). The van der Waals surface area contributed by atoms with E-state index < -0.39 is 6.29 Å². The maximum Gasteiger partial charge on any atom is 0.314 e. The SMILES string of the molecule is C=CC(O)OCCCCCCOc1ccc(OC(=O)C2CCCCC2)cc1. The third kappa shape index (κ3) is 8.59. The lowest BCUT2D eigenvalue weighted by Gasteiger charge is -2.19. The Morgan fingerprint density at radius 3 is 2.33 bits per heavy atom. The molecule has 0 aliphatic heterocycles. The number of carbonyl (C=O) groups excluding carboxylic acids is 1. The first kappa shape index (κ1) is 21.5. The molecule has 1 fully saturated rings. The number of aliphatic hydroxyl groups is 1. The molecule has 5 heteroatoms. The summed E-state index contributed by atoms with van der Waals surface area (Å²) in [6, 6.07) is 7.26. The van der Waals surface area contributed by atoms with Crippen LogP contribution in [0.4, 0.5) is 0 Å². The predicted molar refractivity (Wildman–Crippen MR) is 105 cm³/mol. The average molecular weight is 376 g/mol. The lowest BCUT2D eigenvalue weighted by molar-refractivity contribution is -0.139. The van der Waals surface area contributed by atoms with Gasteiger partial charge in [0.15, 0.2) is 6.29 Å². The van der Waals surface area contributed by atoms with Gasteiger partial charge < -0.3 is 19.3 Å². The molecule has 1 atom stereocenters. The number of carbonyl (C=O) groups is 1. The van der Waals surface area contributed by atoms with E-state index >= 15 is 0 Å². The van der Waals surface area contributed by atoms with Crippen LogP contribution in [0.5, 0.6) is 11.5 Å². The normalized spacial score (nSPS) is 15.9. The van der Waals surface area contributed by atoms with Crippen molar-refractivity contribution in [1.29, 1.82) is 0 Å². The fourth-order valence-corrected chi connectivity index (χ4v) is 3.16. The number of hydrogen-bond acceptors (Lipinski definition) is 5. The van der Waals surface area contributed by atoms with E-state index in [2.05, 4.69) is 6.58 Å². The highest BCUT2D eigenvalue weighted by Gasteiger charge is 2.22. The van der Waals surface area contributed by atoms with E-state index in [0.717, 1.165) is 57.1 Å². The van der Waals surface area contributed by atoms with E-state index in [1.54, 1.807) is 12.1 Å². The zero-order valence-corrected chi connectivity index (χ0v) is 16.1. The third-order valence-electron chi connectivity index (χ3n) is 4.78. The van der Waals surface area contributed by atoms with Crippen molar-refractivity contribution in [2.45, 2.75) is 64.1 Å². The molecule has 1 aliphatic rings. The molecule has 0 heterocycles. The van der Waals surface area contributed by atoms with Crippen LogP contribution >= 0.6 is 0 Å². The number of unbranched alkanes of at least 4 members (excludes halogenated alkanes) is 3. The lowest BCUT2D eigenvalue weighted by Crippen LogP contribution is -2.22. The smallest absolute Gasteiger partial charge is 0.314 e. The summed E-state index contributed by atoms with van der Waals surface area (Å²) >= 11 is 0. The Hall–Kier alpha value is -1.85. The molecule has 0 radical (unpaired) electrons. The predicted octanol–water partition coefficient (Wildman–Crippen LogP) is 4.63. The lowest BCUT2D eigenvalue weighted by atomic mass is 9.89. The molecule has 0 saturated heterocycles. The van der Waals surface area contributed by atoms with Gasteiger partial charge in [0.1, 0.15) is 11.5 Å². The van der Waals surface area contributed by atoms with Crippen molar-refractivity contribution in [2.24, 2.45) is 5.92 Å². The molecular formula is C22H32O5. The highest BCUT2D eigenvalue weighted by Crippen LogP contribution is 2.26. The van der Waals surface area contributed by atoms with Gasteiger partial charge in [-0.3, -0.25) is 4.79 Å². The summed E-state index contributed by atoms with van der Waals surface area (Å²) in [5, 5.41) is 9.17. The van der Waals surface area contributed by atoms with Crippen molar-refractivity contribution in [3.05, 3.63) is 36.9 Å². The highest BCUT2D eigenvalue weighted by molar-refractivity contribution is 5.75. The molecule has 0 spiro atoms. The fraction of sp³-hybridized carbons (Fsp3) is 0.591. The summed E-state index contributed by atoms with van der Waals surface area (Å²) in [6.07, 6.45) is 9.81. The van der Waals surface area contributed by atoms with Gasteiger partial charge in [-0.1, -0.05) is 32.3 Å². The first-order valence-electron chi connectivity index (χ1n) is 10.1. The van der Waals surface area contributed by atoms with Gasteiger partial charge in [0.05, 0.1) is 19.1 Å². The van der Waals surface area contributed by atoms with E-state index in [4.69, 9.17) is 14.2 Å². The van der Waals surface area contributed by atoms with Gasteiger partial charge in [-0.05, 0) is 62.4 Å². The van der Waals surface area contributed by atoms with Crippen molar-refractivity contribution >= 4 is 5.97 Å². The summed E-state index contributed by atoms with van der Waals surface area (Å²) in [6.45, 7) is 4.64. The summed E-state index contributed by atoms with van der Waals surface area (Å²) in [5.74, 6) is 1.32. The molecule has 1 N–H and O–H groups in total. The molecular weight excluding hydrogens is 344 g/mol. The Morgan fingerprint density at radius 1 is 1.04 bits per heavy atom. The number of benzene rings is 1. The molecule has 1 saturated carbocycles. The van der Waals surface area contributed by atoms with Crippen molar-refractivity contribution < 1.29 is 24.1 Å². The van der Waals surface area contributed by atoms with Crippen LogP contribution in [0.2, 0.25) is 0 Å². The quantitative estimate of drug-likeness (QED) is 0.189. The van der Waals surface area contributed by atoms with Crippen LogP contribution in [0.25, 0.3) is 0 Å². The van der Waals surface area contributed by atoms with Crippen molar-refractivity contribution in [1.82, 2.24) is 0 Å². The van der Waals surface area contributed by atoms with E-state index in [9.17, 15) is 9.90 Å². The molecule has 5 nitrogen and oxygen atoms in total. The van der Waals surface area contributed by atoms with Gasteiger partial charge in [0.2, 0.25) is 0 Å². The standard InChI is InChI=1S/C22H32O5/c1-2-21(23)26-17-9-4-3-8-16-25-19-12-14-20(15-13-19)27-22(24)18-10-6-5-7-11-18/h2,12-15,18,21,23H,1,3-11,16-17H2. The molecule has 1 aromatic rings. The maximum atomic E-state index is 12.1. The molecule has 0 bridgehead atoms. The minimum Gasteiger partial charge on any atom is -0.494 e. The number of ether oxygens (including phenoxy) is 3. The molecule has 150 valence electrons. The Bertz CT molecular complexity index is 548. The number of aliphatic hydroxyl groups excluding tert-OH is 1. The highest BCUT2D eigenvalue weighted by atomic mass is 16.6. The third-order valence-corrected chi connectivity index (χ3v) is 4.78. The number of esters is 1. The molecule has 27 heavy (non-hydrogen) atoms. The minimum absolute atomic E-state index is 0.0557. The second-order valence-electron chi connectivity index (χ2n) is 6.99. The van der Waals surface area contributed by atoms with Gasteiger partial charge in [0, 0.05) is 0 Å². The summed E-state index contributed by atoms with van der Waals surface area (Å²) in [5.41, 5.74) is 0. The van der Waals surface area contributed by atoms with E-state index in [1.165, 1.54) is 12.5 Å². The molecule has 0 amide bonds. The van der Waals surface area contributed by atoms with Crippen molar-refractivity contribution in [3.63, 3.8) is 0 Å². The first-order chi connectivity index (χ1) is 13.2. The van der Waals surface area contributed by atoms with Crippen molar-refractivity contribution in [2.75, 3.05) is 13.2 Å². The minimum atomic E-state index is -0.863. The zero-order chi connectivity index (χ0) is 19.3. The van der Waals surface area contributed by atoms with E-state index in [0.29, 0.717) is 19.0 Å². The van der Waals surface area contributed by atoms with Crippen LogP contribution in [-0.2, 0) is 9.53 Å². The second kappa shape index (κ2) is 12.5. The Balaban J connectivity index is 1.56. The van der Waals surface area contributed by atoms with Crippen LogP contribution < -0.4 is 9.47 Å². The number of rotatable bonds is 12. The van der Waals surface area contributed by atoms with E-state index in [-0.39, 0.29) is 11.9 Å². The number of hydrogen-bond donors (Lipinski definition) is 1. The molecule has 1 unspecified atom stereocenters. The fourth-order valence-electron chi connectivity index (χ4n) is 3.16. The monoisotopic (exact) mass is 376 g/mol. The summed E-state index contributed by atoms with van der Waals surface area (Å²) < 4.78 is 16.3. The summed E-state index contributed by atoms with van der Waals surface area (Å²) in [4.78, 5) is 12.1. The molecule has 0 aromatic heterocycles. The largest absolute Gasteiger partial charge is 0.494 e. The van der Waals surface area contributed by atoms with Crippen LogP contribution in [0.3, 0.4) is 0 Å². The molecule has 1 aliphatic carbocycles. The Kier molecular flexibility index (Phi) is 9.95. The van der Waals surface area contributed by atoms with Crippen LogP contribution in [-0.4, -0.2) is 30.6 Å². The van der Waals surface area contributed by atoms with Crippen LogP contribution in [0, 0.1) is 5.92 Å². The Morgan fingerprint density at radius 2 is 1.67 bits per heavy atom. The van der Waals surface area contributed by atoms with Crippen LogP contribution in [0.1, 0.15) is 57.8 Å². The Labute approximate surface area is 162 Å². The zero-order valence-electron chi connectivity index (χ0n) is 16.1. The second-order valence-corrected chi connectivity index (χ2v) is 6.99. The molecule has 1 aromatic carbocycles. The van der Waals surface area contributed by atoms with Crippen molar-refractivity contribution in [3.8, 4) is 11.5 Å². The summed E-state index contributed by atoms with van der Waals surface area (Å²) in [7, 11) is 0.